The lowest BCUT2D eigenvalue weighted by molar-refractivity contribution is -0.149. The quantitative estimate of drug-likeness (QED) is 0.468. The van der Waals surface area contributed by atoms with Crippen molar-refractivity contribution >= 4 is 17.9 Å². The molecule has 0 amide bonds. The summed E-state index contributed by atoms with van der Waals surface area (Å²) in [5.74, 6) is -3.72. The molecular formula is C11H13N3O6. The highest BCUT2D eigenvalue weighted by molar-refractivity contribution is 5.84. The summed E-state index contributed by atoms with van der Waals surface area (Å²) in [6.07, 6.45) is 0.624. The largest absolute Gasteiger partial charge is 0.481 e. The van der Waals surface area contributed by atoms with E-state index in [9.17, 15) is 19.5 Å². The third kappa shape index (κ3) is 2.23. The van der Waals surface area contributed by atoms with Gasteiger partial charge in [-0.25, -0.2) is 9.78 Å². The zero-order valence-corrected chi connectivity index (χ0v) is 10.3. The number of carboxylic acids is 3. The van der Waals surface area contributed by atoms with E-state index in [2.05, 4.69) is 15.3 Å². The van der Waals surface area contributed by atoms with Crippen LogP contribution in [0.3, 0.4) is 0 Å². The molecule has 0 radical (unpaired) electrons. The van der Waals surface area contributed by atoms with Crippen molar-refractivity contribution in [3.63, 3.8) is 0 Å². The van der Waals surface area contributed by atoms with Crippen molar-refractivity contribution in [2.45, 2.75) is 30.8 Å². The van der Waals surface area contributed by atoms with Crippen molar-refractivity contribution in [2.75, 3.05) is 0 Å². The first-order chi connectivity index (χ1) is 9.36. The standard InChI is InChI=1S/C11H13N3O6/c15-7(16)1-2-11(10(19)20)8-5(12-4-13-8)3-6(14-11)9(17)18/h4,6,14H,1-3H2,(H,12,13)(H,15,16)(H,17,18)(H,19,20). The van der Waals surface area contributed by atoms with Crippen molar-refractivity contribution in [3.05, 3.63) is 17.7 Å². The van der Waals surface area contributed by atoms with Gasteiger partial charge in [-0.3, -0.25) is 14.9 Å². The molecule has 1 aliphatic heterocycles. The van der Waals surface area contributed by atoms with Gasteiger partial charge in [0, 0.05) is 18.5 Å². The van der Waals surface area contributed by atoms with Gasteiger partial charge in [0.15, 0.2) is 5.54 Å². The first kappa shape index (κ1) is 14.0. The van der Waals surface area contributed by atoms with Crippen LogP contribution in [0.5, 0.6) is 0 Å². The molecule has 1 aromatic heterocycles. The summed E-state index contributed by atoms with van der Waals surface area (Å²) in [4.78, 5) is 40.1. The lowest BCUT2D eigenvalue weighted by atomic mass is 9.82. The van der Waals surface area contributed by atoms with Crippen LogP contribution in [0.15, 0.2) is 6.33 Å². The van der Waals surface area contributed by atoms with E-state index in [-0.39, 0.29) is 18.5 Å². The zero-order chi connectivity index (χ0) is 14.9. The van der Waals surface area contributed by atoms with E-state index in [4.69, 9.17) is 10.2 Å². The fourth-order valence-corrected chi connectivity index (χ4v) is 2.37. The smallest absolute Gasteiger partial charge is 0.330 e. The third-order valence-electron chi connectivity index (χ3n) is 3.33. The molecule has 0 saturated heterocycles. The average Bonchev–Trinajstić information content (AvgIpc) is 2.83. The van der Waals surface area contributed by atoms with Crippen LogP contribution in [0.4, 0.5) is 0 Å². The Bertz CT molecular complexity index is 568. The Morgan fingerprint density at radius 3 is 2.60 bits per heavy atom. The van der Waals surface area contributed by atoms with Crippen LogP contribution in [0, 0.1) is 0 Å². The summed E-state index contributed by atoms with van der Waals surface area (Å²) >= 11 is 0. The molecule has 9 heteroatoms. The summed E-state index contributed by atoms with van der Waals surface area (Å²) in [5, 5.41) is 29.8. The number of carboxylic acid groups (broad SMARTS) is 3. The van der Waals surface area contributed by atoms with E-state index in [0.717, 1.165) is 0 Å². The Labute approximate surface area is 112 Å². The highest BCUT2D eigenvalue weighted by Crippen LogP contribution is 2.33. The maximum absolute atomic E-state index is 11.6. The van der Waals surface area contributed by atoms with Crippen LogP contribution < -0.4 is 5.32 Å². The van der Waals surface area contributed by atoms with Crippen LogP contribution >= 0.6 is 0 Å². The van der Waals surface area contributed by atoms with E-state index in [1.54, 1.807) is 0 Å². The van der Waals surface area contributed by atoms with E-state index >= 15 is 0 Å². The molecule has 5 N–H and O–H groups in total. The molecule has 1 aliphatic rings. The van der Waals surface area contributed by atoms with Gasteiger partial charge in [-0.1, -0.05) is 0 Å². The SMILES string of the molecule is O=C(O)CCC1(C(=O)O)NC(C(=O)O)Cc2[nH]cnc21. The number of rotatable bonds is 5. The molecule has 0 bridgehead atoms. The minimum Gasteiger partial charge on any atom is -0.481 e. The van der Waals surface area contributed by atoms with E-state index in [1.807, 2.05) is 0 Å². The summed E-state index contributed by atoms with van der Waals surface area (Å²) in [6, 6.07) is -1.12. The molecule has 108 valence electrons. The number of nitrogens with zero attached hydrogens (tertiary/aromatic N) is 1. The van der Waals surface area contributed by atoms with Crippen LogP contribution in [0.2, 0.25) is 0 Å². The molecule has 0 fully saturated rings. The highest BCUT2D eigenvalue weighted by Gasteiger charge is 2.50. The molecule has 20 heavy (non-hydrogen) atoms. The molecule has 1 aromatic rings. The predicted octanol–water partition coefficient (Wildman–Crippen LogP) is -0.847. The molecule has 0 aromatic carbocycles. The van der Waals surface area contributed by atoms with Gasteiger partial charge >= 0.3 is 17.9 Å². The Kier molecular flexibility index (Phi) is 3.45. The molecule has 0 spiro atoms. The molecular weight excluding hydrogens is 270 g/mol. The van der Waals surface area contributed by atoms with E-state index in [1.165, 1.54) is 6.33 Å². The maximum atomic E-state index is 11.6. The number of imidazole rings is 1. The molecule has 2 unspecified atom stereocenters. The third-order valence-corrected chi connectivity index (χ3v) is 3.33. The molecule has 0 saturated carbocycles. The minimum absolute atomic E-state index is 0.0623. The second-order valence-electron chi connectivity index (χ2n) is 4.57. The van der Waals surface area contributed by atoms with Gasteiger partial charge in [0.25, 0.3) is 0 Å². The Hall–Kier alpha value is -2.42. The Balaban J connectivity index is 2.45. The van der Waals surface area contributed by atoms with Gasteiger partial charge in [-0.05, 0) is 6.42 Å². The van der Waals surface area contributed by atoms with Crippen molar-refractivity contribution in [1.82, 2.24) is 15.3 Å². The average molecular weight is 283 g/mol. The maximum Gasteiger partial charge on any atom is 0.330 e. The number of aromatic nitrogens is 2. The van der Waals surface area contributed by atoms with Gasteiger partial charge in [0.2, 0.25) is 0 Å². The number of hydrogen-bond donors (Lipinski definition) is 5. The Morgan fingerprint density at radius 2 is 2.05 bits per heavy atom. The lowest BCUT2D eigenvalue weighted by Gasteiger charge is -2.36. The van der Waals surface area contributed by atoms with Crippen LogP contribution in [0.25, 0.3) is 0 Å². The normalized spacial score (nSPS) is 24.9. The fraction of sp³-hybridized carbons (Fsp3) is 0.455. The van der Waals surface area contributed by atoms with Crippen LogP contribution in [0.1, 0.15) is 24.2 Å². The number of aliphatic carboxylic acids is 3. The number of hydrogen-bond acceptors (Lipinski definition) is 5. The summed E-state index contributed by atoms with van der Waals surface area (Å²) in [7, 11) is 0. The summed E-state index contributed by atoms with van der Waals surface area (Å²) < 4.78 is 0. The second-order valence-corrected chi connectivity index (χ2v) is 4.57. The number of fused-ring (bicyclic) bond motifs is 1. The van der Waals surface area contributed by atoms with Gasteiger partial charge in [0.1, 0.15) is 6.04 Å². The van der Waals surface area contributed by atoms with Crippen LogP contribution in [-0.2, 0) is 26.3 Å². The first-order valence-corrected chi connectivity index (χ1v) is 5.85. The van der Waals surface area contributed by atoms with Crippen LogP contribution in [-0.4, -0.2) is 49.2 Å². The second kappa shape index (κ2) is 4.93. The van der Waals surface area contributed by atoms with Crippen molar-refractivity contribution < 1.29 is 29.7 Å². The van der Waals surface area contributed by atoms with Gasteiger partial charge in [0.05, 0.1) is 12.0 Å². The predicted molar refractivity (Wildman–Crippen MR) is 63.0 cm³/mol. The Morgan fingerprint density at radius 1 is 1.35 bits per heavy atom. The fourth-order valence-electron chi connectivity index (χ4n) is 2.37. The lowest BCUT2D eigenvalue weighted by Crippen LogP contribution is -2.60. The van der Waals surface area contributed by atoms with Crippen molar-refractivity contribution in [2.24, 2.45) is 0 Å². The minimum atomic E-state index is -1.81. The summed E-state index contributed by atoms with van der Waals surface area (Å²) in [6.45, 7) is 0. The molecule has 2 rings (SSSR count). The zero-order valence-electron chi connectivity index (χ0n) is 10.3. The summed E-state index contributed by atoms with van der Waals surface area (Å²) in [5.41, 5.74) is -1.28. The van der Waals surface area contributed by atoms with E-state index in [0.29, 0.717) is 5.69 Å². The number of H-pyrrole nitrogens is 1. The highest BCUT2D eigenvalue weighted by atomic mass is 16.4. The van der Waals surface area contributed by atoms with Crippen molar-refractivity contribution in [1.29, 1.82) is 0 Å². The number of carbonyl (C=O) groups is 3. The molecule has 2 heterocycles. The van der Waals surface area contributed by atoms with E-state index < -0.39 is 35.9 Å². The van der Waals surface area contributed by atoms with Gasteiger partial charge < -0.3 is 20.3 Å². The van der Waals surface area contributed by atoms with Crippen molar-refractivity contribution in [3.8, 4) is 0 Å². The molecule has 9 nitrogen and oxygen atoms in total. The number of nitrogens with one attached hydrogen (secondary N) is 2. The molecule has 0 aliphatic carbocycles. The molecule has 2 atom stereocenters. The number of aromatic amines is 1. The van der Waals surface area contributed by atoms with Gasteiger partial charge in [-0.15, -0.1) is 0 Å². The monoisotopic (exact) mass is 283 g/mol. The first-order valence-electron chi connectivity index (χ1n) is 5.85. The topological polar surface area (TPSA) is 153 Å². The van der Waals surface area contributed by atoms with Gasteiger partial charge in [-0.2, -0.15) is 0 Å².